The van der Waals surface area contributed by atoms with Crippen molar-refractivity contribution in [3.8, 4) is 0 Å². The minimum absolute atomic E-state index is 0.0158. The van der Waals surface area contributed by atoms with Gasteiger partial charge in [0.2, 0.25) is 17.7 Å². The molecule has 14 heteroatoms. The van der Waals surface area contributed by atoms with Crippen molar-refractivity contribution in [2.75, 3.05) is 39.5 Å². The lowest BCUT2D eigenvalue weighted by Gasteiger charge is -2.19. The van der Waals surface area contributed by atoms with Crippen LogP contribution in [0.2, 0.25) is 0 Å². The molecule has 0 radical (unpaired) electrons. The van der Waals surface area contributed by atoms with Gasteiger partial charge in [-0.1, -0.05) is 25.7 Å². The number of nitrogens with one attached hydrogen (secondary N) is 3. The van der Waals surface area contributed by atoms with Gasteiger partial charge in [-0.15, -0.1) is 0 Å². The minimum atomic E-state index is -1.34. The van der Waals surface area contributed by atoms with Gasteiger partial charge >= 0.3 is 17.9 Å². The largest absolute Gasteiger partial charge is 0.481 e. The number of hydrogen-bond donors (Lipinski definition) is 5. The summed E-state index contributed by atoms with van der Waals surface area (Å²) in [5.41, 5.74) is -0.442. The van der Waals surface area contributed by atoms with E-state index in [0.717, 1.165) is 38.5 Å². The van der Waals surface area contributed by atoms with Crippen LogP contribution in [0.25, 0.3) is 0 Å². The predicted octanol–water partition coefficient (Wildman–Crippen LogP) is 1.93. The van der Waals surface area contributed by atoms with Gasteiger partial charge in [0.25, 0.3) is 0 Å². The molecule has 0 heterocycles. The van der Waals surface area contributed by atoms with E-state index in [1.165, 1.54) is 0 Å². The zero-order valence-electron chi connectivity index (χ0n) is 25.9. The molecule has 0 unspecified atom stereocenters. The first-order valence-electron chi connectivity index (χ1n) is 14.9. The average molecular weight is 618 g/mol. The van der Waals surface area contributed by atoms with Crippen LogP contribution in [-0.4, -0.2) is 97.0 Å². The standard InChI is InChI=1S/C29H51N3O11/c1-29(2,3)43-27(38)11-9-7-5-4-6-8-10-23(33)30-16-18-41-20-21-42-19-17-31-24(34)13-14-25(35)32-22(28(39)40)12-15-26(36)37/h22H,4-21H2,1-3H3,(H,30,33)(H,31,34)(H,32,35)(H,36,37)(H,39,40)/t22-/m0/s1. The van der Waals surface area contributed by atoms with E-state index in [2.05, 4.69) is 16.0 Å². The van der Waals surface area contributed by atoms with E-state index in [1.54, 1.807) is 0 Å². The lowest BCUT2D eigenvalue weighted by atomic mass is 10.1. The monoisotopic (exact) mass is 617 g/mol. The number of carboxylic acids is 2. The van der Waals surface area contributed by atoms with Crippen LogP contribution in [0.1, 0.15) is 97.8 Å². The Labute approximate surface area is 254 Å². The van der Waals surface area contributed by atoms with E-state index in [-0.39, 0.29) is 44.3 Å². The van der Waals surface area contributed by atoms with Gasteiger partial charge < -0.3 is 40.4 Å². The molecule has 0 aliphatic rings. The number of hydrogen-bond acceptors (Lipinski definition) is 9. The second kappa shape index (κ2) is 24.2. The van der Waals surface area contributed by atoms with Crippen LogP contribution in [0.4, 0.5) is 0 Å². The number of carboxylic acid groups (broad SMARTS) is 2. The smallest absolute Gasteiger partial charge is 0.326 e. The molecular weight excluding hydrogens is 566 g/mol. The summed E-state index contributed by atoms with van der Waals surface area (Å²) >= 11 is 0. The van der Waals surface area contributed by atoms with Gasteiger partial charge in [0.1, 0.15) is 11.6 Å². The van der Waals surface area contributed by atoms with Crippen LogP contribution < -0.4 is 16.0 Å². The maximum absolute atomic E-state index is 11.9. The van der Waals surface area contributed by atoms with Gasteiger partial charge in [-0.05, 0) is 40.0 Å². The number of amides is 3. The van der Waals surface area contributed by atoms with Crippen molar-refractivity contribution in [3.63, 3.8) is 0 Å². The van der Waals surface area contributed by atoms with E-state index in [0.29, 0.717) is 39.2 Å². The first kappa shape index (κ1) is 39.7. The third kappa shape index (κ3) is 27.3. The normalized spacial score (nSPS) is 11.8. The summed E-state index contributed by atoms with van der Waals surface area (Å²) in [6.07, 6.45) is 5.50. The highest BCUT2D eigenvalue weighted by Gasteiger charge is 2.21. The number of carbonyl (C=O) groups excluding carboxylic acids is 4. The Bertz CT molecular complexity index is 859. The van der Waals surface area contributed by atoms with Gasteiger partial charge in [0.15, 0.2) is 0 Å². The Morgan fingerprint density at radius 2 is 1.12 bits per heavy atom. The second-order valence-corrected chi connectivity index (χ2v) is 11.0. The molecule has 5 N–H and O–H groups in total. The number of unbranched alkanes of at least 4 members (excludes halogenated alkanes) is 5. The molecule has 0 aliphatic carbocycles. The highest BCUT2D eigenvalue weighted by Crippen LogP contribution is 2.12. The first-order chi connectivity index (χ1) is 20.3. The molecule has 43 heavy (non-hydrogen) atoms. The highest BCUT2D eigenvalue weighted by atomic mass is 16.6. The highest BCUT2D eigenvalue weighted by molar-refractivity contribution is 5.87. The van der Waals surface area contributed by atoms with Gasteiger partial charge in [-0.2, -0.15) is 0 Å². The van der Waals surface area contributed by atoms with Crippen molar-refractivity contribution < 1.29 is 53.2 Å². The maximum Gasteiger partial charge on any atom is 0.326 e. The van der Waals surface area contributed by atoms with Crippen LogP contribution in [0.5, 0.6) is 0 Å². The van der Waals surface area contributed by atoms with Crippen LogP contribution >= 0.6 is 0 Å². The zero-order chi connectivity index (χ0) is 32.5. The molecule has 14 nitrogen and oxygen atoms in total. The maximum atomic E-state index is 11.9. The first-order valence-corrected chi connectivity index (χ1v) is 14.9. The Kier molecular flexibility index (Phi) is 22.4. The minimum Gasteiger partial charge on any atom is -0.481 e. The van der Waals surface area contributed by atoms with E-state index >= 15 is 0 Å². The molecule has 248 valence electrons. The molecule has 0 aromatic heterocycles. The van der Waals surface area contributed by atoms with Crippen molar-refractivity contribution in [2.45, 2.75) is 109 Å². The third-order valence-corrected chi connectivity index (χ3v) is 5.82. The van der Waals surface area contributed by atoms with Crippen LogP contribution in [-0.2, 0) is 43.0 Å². The van der Waals surface area contributed by atoms with Crippen molar-refractivity contribution >= 4 is 35.6 Å². The Morgan fingerprint density at radius 1 is 0.628 bits per heavy atom. The Balaban J connectivity index is 3.57. The number of esters is 1. The van der Waals surface area contributed by atoms with Crippen LogP contribution in [0, 0.1) is 0 Å². The van der Waals surface area contributed by atoms with E-state index < -0.39 is 41.8 Å². The van der Waals surface area contributed by atoms with Crippen LogP contribution in [0.3, 0.4) is 0 Å². The van der Waals surface area contributed by atoms with Gasteiger partial charge in [0.05, 0.1) is 26.4 Å². The van der Waals surface area contributed by atoms with Gasteiger partial charge in [0, 0.05) is 45.2 Å². The quantitative estimate of drug-likeness (QED) is 0.0700. The van der Waals surface area contributed by atoms with E-state index in [9.17, 15) is 28.8 Å². The topological polar surface area (TPSA) is 207 Å². The summed E-state index contributed by atoms with van der Waals surface area (Å²) in [5.74, 6) is -3.74. The zero-order valence-corrected chi connectivity index (χ0v) is 25.9. The fourth-order valence-electron chi connectivity index (χ4n) is 3.70. The molecule has 0 aliphatic heterocycles. The predicted molar refractivity (Wildman–Crippen MR) is 156 cm³/mol. The summed E-state index contributed by atoms with van der Waals surface area (Å²) in [7, 11) is 0. The summed E-state index contributed by atoms with van der Waals surface area (Å²) in [5, 5.41) is 25.3. The van der Waals surface area contributed by atoms with Crippen molar-refractivity contribution in [3.05, 3.63) is 0 Å². The summed E-state index contributed by atoms with van der Waals surface area (Å²) in [4.78, 5) is 68.9. The molecule has 0 fully saturated rings. The molecule has 0 aromatic carbocycles. The van der Waals surface area contributed by atoms with Crippen molar-refractivity contribution in [1.82, 2.24) is 16.0 Å². The fraction of sp³-hybridized carbons (Fsp3) is 0.793. The second-order valence-electron chi connectivity index (χ2n) is 11.0. The molecule has 1 atom stereocenters. The van der Waals surface area contributed by atoms with Gasteiger partial charge in [-0.25, -0.2) is 4.79 Å². The summed E-state index contributed by atoms with van der Waals surface area (Å²) in [6, 6.07) is -1.32. The number of rotatable bonds is 26. The van der Waals surface area contributed by atoms with Gasteiger partial charge in [-0.3, -0.25) is 24.0 Å². The number of ether oxygens (including phenoxy) is 3. The number of aliphatic carboxylic acids is 2. The molecule has 3 amide bonds. The molecule has 0 saturated heterocycles. The molecule has 0 rings (SSSR count). The lowest BCUT2D eigenvalue weighted by molar-refractivity contribution is -0.155. The van der Waals surface area contributed by atoms with E-state index in [4.69, 9.17) is 24.4 Å². The Hall–Kier alpha value is -3.26. The average Bonchev–Trinajstić information content (AvgIpc) is 2.91. The third-order valence-electron chi connectivity index (χ3n) is 5.82. The molecule has 0 aromatic rings. The van der Waals surface area contributed by atoms with Crippen molar-refractivity contribution in [2.24, 2.45) is 0 Å². The summed E-state index contributed by atoms with van der Waals surface area (Å²) in [6.45, 7) is 7.41. The molecular formula is C29H51N3O11. The fourth-order valence-corrected chi connectivity index (χ4v) is 3.70. The number of carbonyl (C=O) groups is 6. The summed E-state index contributed by atoms with van der Waals surface area (Å²) < 4.78 is 16.0. The SMILES string of the molecule is CC(C)(C)OC(=O)CCCCCCCCC(=O)NCCOCCOCCNC(=O)CCC(=O)N[C@@H](CCC(=O)O)C(=O)O. The molecule has 0 spiro atoms. The molecule has 0 bridgehead atoms. The van der Waals surface area contributed by atoms with Crippen molar-refractivity contribution in [1.29, 1.82) is 0 Å². The Morgan fingerprint density at radius 3 is 1.63 bits per heavy atom. The lowest BCUT2D eigenvalue weighted by Crippen LogP contribution is -2.41. The molecule has 0 saturated carbocycles. The van der Waals surface area contributed by atoms with Crippen LogP contribution in [0.15, 0.2) is 0 Å². The van der Waals surface area contributed by atoms with E-state index in [1.807, 2.05) is 20.8 Å².